The zero-order valence-electron chi connectivity index (χ0n) is 14.1. The molecule has 2 nitrogen and oxygen atoms in total. The molecule has 1 fully saturated rings. The van der Waals surface area contributed by atoms with Gasteiger partial charge in [-0.3, -0.25) is 4.90 Å². The van der Waals surface area contributed by atoms with E-state index in [1.165, 1.54) is 38.8 Å². The van der Waals surface area contributed by atoms with Crippen LogP contribution in [-0.4, -0.2) is 36.1 Å². The first-order valence-corrected chi connectivity index (χ1v) is 8.44. The minimum absolute atomic E-state index is 0.710. The summed E-state index contributed by atoms with van der Waals surface area (Å²) < 4.78 is 0. The quantitative estimate of drug-likeness (QED) is 0.753. The van der Waals surface area contributed by atoms with E-state index in [-0.39, 0.29) is 0 Å². The molecule has 0 aliphatic carbocycles. The van der Waals surface area contributed by atoms with Crippen LogP contribution in [-0.2, 0) is 0 Å². The molecule has 114 valence electrons. The SMILES string of the molecule is CCCC1CN(C(C)CCC(C)C)C(C(C)C)CN1. The summed E-state index contributed by atoms with van der Waals surface area (Å²) in [6.07, 6.45) is 5.31. The molecule has 0 saturated carbocycles. The highest BCUT2D eigenvalue weighted by molar-refractivity contribution is 4.90. The zero-order chi connectivity index (χ0) is 14.4. The fourth-order valence-corrected chi connectivity index (χ4v) is 3.27. The summed E-state index contributed by atoms with van der Waals surface area (Å²) in [7, 11) is 0. The highest BCUT2D eigenvalue weighted by Crippen LogP contribution is 2.22. The predicted molar refractivity (Wildman–Crippen MR) is 85.6 cm³/mol. The van der Waals surface area contributed by atoms with E-state index in [1.807, 2.05) is 0 Å². The van der Waals surface area contributed by atoms with Crippen molar-refractivity contribution in [1.29, 1.82) is 0 Å². The summed E-state index contributed by atoms with van der Waals surface area (Å²) in [5.41, 5.74) is 0. The van der Waals surface area contributed by atoms with Crippen molar-refractivity contribution in [3.05, 3.63) is 0 Å². The Kier molecular flexibility index (Phi) is 7.38. The second-order valence-corrected chi connectivity index (χ2v) is 7.22. The molecule has 2 heteroatoms. The van der Waals surface area contributed by atoms with Crippen LogP contribution in [0.2, 0.25) is 0 Å². The number of nitrogens with one attached hydrogen (secondary N) is 1. The average Bonchev–Trinajstić information content (AvgIpc) is 2.36. The molecule has 1 rings (SSSR count). The largest absolute Gasteiger partial charge is 0.311 e. The Balaban J connectivity index is 2.59. The number of piperazine rings is 1. The smallest absolute Gasteiger partial charge is 0.0247 e. The maximum absolute atomic E-state index is 3.76. The Labute approximate surface area is 121 Å². The van der Waals surface area contributed by atoms with Crippen LogP contribution in [0.3, 0.4) is 0 Å². The second kappa shape index (κ2) is 8.26. The molecule has 1 heterocycles. The molecule has 0 aromatic heterocycles. The van der Waals surface area contributed by atoms with Crippen molar-refractivity contribution in [1.82, 2.24) is 10.2 Å². The van der Waals surface area contributed by atoms with E-state index in [1.54, 1.807) is 0 Å². The van der Waals surface area contributed by atoms with Crippen molar-refractivity contribution in [2.24, 2.45) is 11.8 Å². The lowest BCUT2D eigenvalue weighted by Crippen LogP contribution is -2.60. The normalized spacial score (nSPS) is 27.2. The summed E-state index contributed by atoms with van der Waals surface area (Å²) in [6.45, 7) is 16.6. The number of nitrogens with zero attached hydrogens (tertiary/aromatic N) is 1. The highest BCUT2D eigenvalue weighted by Gasteiger charge is 2.32. The molecule has 1 aliphatic heterocycles. The first kappa shape index (κ1) is 17.0. The monoisotopic (exact) mass is 268 g/mol. The topological polar surface area (TPSA) is 15.3 Å². The molecule has 0 spiro atoms. The van der Waals surface area contributed by atoms with Crippen LogP contribution in [0.5, 0.6) is 0 Å². The van der Waals surface area contributed by atoms with Crippen LogP contribution in [0.4, 0.5) is 0 Å². The molecule has 0 amide bonds. The van der Waals surface area contributed by atoms with E-state index in [0.717, 1.165) is 23.9 Å². The van der Waals surface area contributed by atoms with E-state index in [0.29, 0.717) is 6.04 Å². The molecule has 3 atom stereocenters. The minimum Gasteiger partial charge on any atom is -0.311 e. The second-order valence-electron chi connectivity index (χ2n) is 7.22. The number of rotatable bonds is 7. The van der Waals surface area contributed by atoms with E-state index in [2.05, 4.69) is 51.8 Å². The van der Waals surface area contributed by atoms with Crippen molar-refractivity contribution in [3.8, 4) is 0 Å². The van der Waals surface area contributed by atoms with Crippen LogP contribution in [0.25, 0.3) is 0 Å². The molecule has 0 aromatic rings. The number of hydrogen-bond donors (Lipinski definition) is 1. The van der Waals surface area contributed by atoms with Crippen LogP contribution in [0, 0.1) is 11.8 Å². The fraction of sp³-hybridized carbons (Fsp3) is 1.00. The Morgan fingerprint density at radius 1 is 1.11 bits per heavy atom. The van der Waals surface area contributed by atoms with Crippen molar-refractivity contribution >= 4 is 0 Å². The van der Waals surface area contributed by atoms with E-state index in [4.69, 9.17) is 0 Å². The summed E-state index contributed by atoms with van der Waals surface area (Å²) >= 11 is 0. The molecular formula is C17H36N2. The van der Waals surface area contributed by atoms with Gasteiger partial charge in [0.2, 0.25) is 0 Å². The molecule has 0 radical (unpaired) electrons. The molecule has 19 heavy (non-hydrogen) atoms. The van der Waals surface area contributed by atoms with Gasteiger partial charge in [0.25, 0.3) is 0 Å². The van der Waals surface area contributed by atoms with Crippen molar-refractivity contribution in [2.45, 2.75) is 85.4 Å². The molecule has 1 saturated heterocycles. The van der Waals surface area contributed by atoms with Crippen LogP contribution in [0.1, 0.15) is 67.2 Å². The van der Waals surface area contributed by atoms with E-state index >= 15 is 0 Å². The first-order valence-electron chi connectivity index (χ1n) is 8.44. The van der Waals surface area contributed by atoms with Crippen LogP contribution < -0.4 is 5.32 Å². The van der Waals surface area contributed by atoms with Gasteiger partial charge in [-0.25, -0.2) is 0 Å². The first-order chi connectivity index (χ1) is 8.95. The third-order valence-corrected chi connectivity index (χ3v) is 4.61. The molecular weight excluding hydrogens is 232 g/mol. The Morgan fingerprint density at radius 3 is 2.32 bits per heavy atom. The molecule has 0 aromatic carbocycles. The Morgan fingerprint density at radius 2 is 1.79 bits per heavy atom. The van der Waals surface area contributed by atoms with Crippen LogP contribution >= 0.6 is 0 Å². The van der Waals surface area contributed by atoms with Gasteiger partial charge in [-0.05, 0) is 38.0 Å². The van der Waals surface area contributed by atoms with Crippen molar-refractivity contribution in [3.63, 3.8) is 0 Å². The Hall–Kier alpha value is -0.0800. The summed E-state index contributed by atoms with van der Waals surface area (Å²) in [6, 6.07) is 2.16. The molecule has 1 aliphatic rings. The summed E-state index contributed by atoms with van der Waals surface area (Å²) in [5, 5.41) is 3.76. The van der Waals surface area contributed by atoms with Crippen molar-refractivity contribution in [2.75, 3.05) is 13.1 Å². The molecule has 1 N–H and O–H groups in total. The van der Waals surface area contributed by atoms with E-state index < -0.39 is 0 Å². The van der Waals surface area contributed by atoms with E-state index in [9.17, 15) is 0 Å². The maximum Gasteiger partial charge on any atom is 0.0247 e. The molecule has 0 bridgehead atoms. The highest BCUT2D eigenvalue weighted by atomic mass is 15.3. The third-order valence-electron chi connectivity index (χ3n) is 4.61. The van der Waals surface area contributed by atoms with Gasteiger partial charge in [0.1, 0.15) is 0 Å². The van der Waals surface area contributed by atoms with Gasteiger partial charge < -0.3 is 5.32 Å². The zero-order valence-corrected chi connectivity index (χ0v) is 14.1. The summed E-state index contributed by atoms with van der Waals surface area (Å²) in [4.78, 5) is 2.80. The predicted octanol–water partition coefficient (Wildman–Crippen LogP) is 3.91. The minimum atomic E-state index is 0.710. The van der Waals surface area contributed by atoms with Crippen molar-refractivity contribution < 1.29 is 0 Å². The van der Waals surface area contributed by atoms with Gasteiger partial charge >= 0.3 is 0 Å². The van der Waals surface area contributed by atoms with Gasteiger partial charge in [0, 0.05) is 31.2 Å². The molecule has 3 unspecified atom stereocenters. The Bertz CT molecular complexity index is 237. The number of hydrogen-bond acceptors (Lipinski definition) is 2. The lowest BCUT2D eigenvalue weighted by molar-refractivity contribution is 0.0547. The van der Waals surface area contributed by atoms with Gasteiger partial charge in [-0.15, -0.1) is 0 Å². The van der Waals surface area contributed by atoms with Gasteiger partial charge in [0.05, 0.1) is 0 Å². The third kappa shape index (κ3) is 5.43. The average molecular weight is 268 g/mol. The van der Waals surface area contributed by atoms with Gasteiger partial charge in [-0.2, -0.15) is 0 Å². The lowest BCUT2D eigenvalue weighted by Gasteiger charge is -2.46. The van der Waals surface area contributed by atoms with Gasteiger partial charge in [0.15, 0.2) is 0 Å². The van der Waals surface area contributed by atoms with Gasteiger partial charge in [-0.1, -0.05) is 41.0 Å². The maximum atomic E-state index is 3.76. The lowest BCUT2D eigenvalue weighted by atomic mass is 9.93. The summed E-state index contributed by atoms with van der Waals surface area (Å²) in [5.74, 6) is 1.57. The standard InChI is InChI=1S/C17H36N2/c1-7-8-16-12-19(15(6)10-9-13(2)3)17(11-18-16)14(4)5/h13-18H,7-12H2,1-6H3. The van der Waals surface area contributed by atoms with Crippen LogP contribution in [0.15, 0.2) is 0 Å². The fourth-order valence-electron chi connectivity index (χ4n) is 3.27.